The fourth-order valence-electron chi connectivity index (χ4n) is 3.02. The molecule has 2 aromatic carbocycles. The highest BCUT2D eigenvalue weighted by atomic mass is 35.5. The number of nitrogens with one attached hydrogen (secondary N) is 1. The number of aromatic nitrogens is 3. The SMILES string of the molecule is CC(=O)c1nnc(-c2cc(Cl)c(F)cc2NS(=O)(=O)c2ccc(C(C)(C)C)cc2)n1C. The van der Waals surface area contributed by atoms with Crippen LogP contribution in [0.25, 0.3) is 11.4 Å². The number of halogens is 2. The fourth-order valence-corrected chi connectivity index (χ4v) is 4.26. The largest absolute Gasteiger partial charge is 0.308 e. The number of Topliss-reactive ketones (excluding diaryl/α,β-unsaturated/α-hetero) is 1. The van der Waals surface area contributed by atoms with Crippen molar-refractivity contribution in [3.05, 3.63) is 58.6 Å². The first-order valence-electron chi connectivity index (χ1n) is 9.34. The van der Waals surface area contributed by atoms with Gasteiger partial charge < -0.3 is 4.57 Å². The number of carbonyl (C=O) groups excluding carboxylic acids is 1. The first-order chi connectivity index (χ1) is 14.3. The standard InChI is InChI=1S/C21H22ClFN4O3S/c1-12(28)19-24-25-20(27(19)5)15-10-16(22)17(23)11-18(15)26-31(29,30)14-8-6-13(7-9-14)21(2,3)4/h6-11,26H,1-5H3. The summed E-state index contributed by atoms with van der Waals surface area (Å²) in [7, 11) is -2.49. The number of hydrogen-bond donors (Lipinski definition) is 1. The predicted octanol–water partition coefficient (Wildman–Crippen LogP) is 4.58. The Morgan fingerprint density at radius 1 is 1.13 bits per heavy atom. The highest BCUT2D eigenvalue weighted by molar-refractivity contribution is 7.92. The van der Waals surface area contributed by atoms with Crippen molar-refractivity contribution in [3.8, 4) is 11.4 Å². The van der Waals surface area contributed by atoms with Crippen molar-refractivity contribution < 1.29 is 17.6 Å². The number of ketones is 1. The predicted molar refractivity (Wildman–Crippen MR) is 117 cm³/mol. The lowest BCUT2D eigenvalue weighted by Crippen LogP contribution is -2.16. The van der Waals surface area contributed by atoms with E-state index in [1.807, 2.05) is 20.8 Å². The molecule has 164 valence electrons. The van der Waals surface area contributed by atoms with E-state index in [1.165, 1.54) is 29.7 Å². The van der Waals surface area contributed by atoms with Gasteiger partial charge in [0.15, 0.2) is 17.4 Å². The number of benzene rings is 2. The first kappa shape index (κ1) is 22.9. The molecule has 0 saturated heterocycles. The van der Waals surface area contributed by atoms with Gasteiger partial charge in [-0.1, -0.05) is 44.5 Å². The third-order valence-electron chi connectivity index (χ3n) is 4.77. The summed E-state index contributed by atoms with van der Waals surface area (Å²) in [5.41, 5.74) is 0.943. The van der Waals surface area contributed by atoms with E-state index in [-0.39, 0.29) is 44.0 Å². The lowest BCUT2D eigenvalue weighted by molar-refractivity contribution is 0.100. The maximum Gasteiger partial charge on any atom is 0.261 e. The van der Waals surface area contributed by atoms with E-state index in [2.05, 4.69) is 14.9 Å². The second kappa shape index (κ2) is 8.05. The van der Waals surface area contributed by atoms with Crippen molar-refractivity contribution in [1.82, 2.24) is 14.8 Å². The molecule has 0 unspecified atom stereocenters. The Hall–Kier alpha value is -2.78. The second-order valence-electron chi connectivity index (χ2n) is 8.15. The van der Waals surface area contributed by atoms with E-state index in [0.29, 0.717) is 0 Å². The van der Waals surface area contributed by atoms with Gasteiger partial charge in [-0.05, 0) is 29.2 Å². The van der Waals surface area contributed by atoms with Gasteiger partial charge in [-0.25, -0.2) is 12.8 Å². The summed E-state index contributed by atoms with van der Waals surface area (Å²) in [5.74, 6) is -0.898. The zero-order chi connectivity index (χ0) is 23.1. The van der Waals surface area contributed by atoms with Crippen molar-refractivity contribution in [2.75, 3.05) is 4.72 Å². The lowest BCUT2D eigenvalue weighted by Gasteiger charge is -2.19. The summed E-state index contributed by atoms with van der Waals surface area (Å²) < 4.78 is 44.0. The van der Waals surface area contributed by atoms with Gasteiger partial charge in [0.2, 0.25) is 0 Å². The van der Waals surface area contributed by atoms with Gasteiger partial charge in [-0.3, -0.25) is 9.52 Å². The van der Waals surface area contributed by atoms with E-state index in [0.717, 1.165) is 11.6 Å². The van der Waals surface area contributed by atoms with Gasteiger partial charge in [0.05, 0.1) is 15.6 Å². The normalized spacial score (nSPS) is 12.1. The number of sulfonamides is 1. The Balaban J connectivity index is 2.07. The van der Waals surface area contributed by atoms with E-state index >= 15 is 0 Å². The summed E-state index contributed by atoms with van der Waals surface area (Å²) in [6.07, 6.45) is 0. The molecule has 0 fully saturated rings. The molecule has 0 bridgehead atoms. The molecule has 1 N–H and O–H groups in total. The van der Waals surface area contributed by atoms with Crippen molar-refractivity contribution in [2.24, 2.45) is 7.05 Å². The quantitative estimate of drug-likeness (QED) is 0.558. The molecule has 0 saturated carbocycles. The van der Waals surface area contributed by atoms with Crippen LogP contribution in [-0.4, -0.2) is 29.0 Å². The summed E-state index contributed by atoms with van der Waals surface area (Å²) in [6.45, 7) is 7.39. The average Bonchev–Trinajstić information content (AvgIpc) is 3.05. The molecule has 0 amide bonds. The average molecular weight is 465 g/mol. The van der Waals surface area contributed by atoms with Crippen LogP contribution < -0.4 is 4.72 Å². The van der Waals surface area contributed by atoms with Crippen molar-refractivity contribution in [2.45, 2.75) is 38.0 Å². The van der Waals surface area contributed by atoms with Crippen LogP contribution in [0.4, 0.5) is 10.1 Å². The molecule has 1 aromatic heterocycles. The van der Waals surface area contributed by atoms with Crippen molar-refractivity contribution >= 4 is 33.1 Å². The maximum atomic E-state index is 14.2. The lowest BCUT2D eigenvalue weighted by atomic mass is 9.87. The Morgan fingerprint density at radius 2 is 1.74 bits per heavy atom. The fraction of sp³-hybridized carbons (Fsp3) is 0.286. The van der Waals surface area contributed by atoms with Crippen molar-refractivity contribution in [1.29, 1.82) is 0 Å². The Kier molecular flexibility index (Phi) is 5.94. The van der Waals surface area contributed by atoms with Crippen LogP contribution in [0.2, 0.25) is 5.02 Å². The van der Waals surface area contributed by atoms with E-state index < -0.39 is 15.8 Å². The topological polar surface area (TPSA) is 94.0 Å². The summed E-state index contributed by atoms with van der Waals surface area (Å²) in [4.78, 5) is 11.7. The number of rotatable bonds is 5. The van der Waals surface area contributed by atoms with Gasteiger partial charge >= 0.3 is 0 Å². The molecule has 0 aliphatic carbocycles. The molecule has 3 rings (SSSR count). The van der Waals surface area contributed by atoms with Crippen LogP contribution in [-0.2, 0) is 22.5 Å². The maximum absolute atomic E-state index is 14.2. The van der Waals surface area contributed by atoms with Crippen LogP contribution in [0, 0.1) is 5.82 Å². The minimum Gasteiger partial charge on any atom is -0.308 e. The van der Waals surface area contributed by atoms with E-state index in [9.17, 15) is 17.6 Å². The molecule has 7 nitrogen and oxygen atoms in total. The van der Waals surface area contributed by atoms with Crippen LogP contribution in [0.15, 0.2) is 41.3 Å². The third kappa shape index (κ3) is 4.62. The molecule has 0 aliphatic rings. The number of hydrogen-bond acceptors (Lipinski definition) is 5. The number of anilines is 1. The van der Waals surface area contributed by atoms with E-state index in [4.69, 9.17) is 11.6 Å². The molecular weight excluding hydrogens is 443 g/mol. The monoisotopic (exact) mass is 464 g/mol. The van der Waals surface area contributed by atoms with Crippen LogP contribution in [0.5, 0.6) is 0 Å². The minimum absolute atomic E-state index is 0.0178. The van der Waals surface area contributed by atoms with Gasteiger partial charge in [0.1, 0.15) is 5.82 Å². The first-order valence-corrected chi connectivity index (χ1v) is 11.2. The van der Waals surface area contributed by atoms with Crippen LogP contribution >= 0.6 is 11.6 Å². The number of carbonyl (C=O) groups is 1. The Morgan fingerprint density at radius 3 is 2.26 bits per heavy atom. The van der Waals surface area contributed by atoms with Gasteiger partial charge in [-0.2, -0.15) is 0 Å². The number of nitrogens with zero attached hydrogens (tertiary/aromatic N) is 3. The second-order valence-corrected chi connectivity index (χ2v) is 10.2. The molecule has 3 aromatic rings. The van der Waals surface area contributed by atoms with Gasteiger partial charge in [-0.15, -0.1) is 10.2 Å². The molecule has 1 heterocycles. The molecule has 0 radical (unpaired) electrons. The summed E-state index contributed by atoms with van der Waals surface area (Å²) in [6, 6.07) is 8.67. The Labute approximate surface area is 185 Å². The van der Waals surface area contributed by atoms with Crippen molar-refractivity contribution in [3.63, 3.8) is 0 Å². The highest BCUT2D eigenvalue weighted by Crippen LogP contribution is 2.33. The summed E-state index contributed by atoms with van der Waals surface area (Å²) in [5, 5.41) is 7.56. The zero-order valence-corrected chi connectivity index (χ0v) is 19.3. The zero-order valence-electron chi connectivity index (χ0n) is 17.7. The molecule has 0 atom stereocenters. The minimum atomic E-state index is -4.04. The highest BCUT2D eigenvalue weighted by Gasteiger charge is 2.23. The van der Waals surface area contributed by atoms with Crippen LogP contribution in [0.1, 0.15) is 43.9 Å². The van der Waals surface area contributed by atoms with Gasteiger partial charge in [0, 0.05) is 25.6 Å². The molecular formula is C21H22ClFN4O3S. The third-order valence-corrected chi connectivity index (χ3v) is 6.44. The molecule has 10 heteroatoms. The molecule has 0 aliphatic heterocycles. The summed E-state index contributed by atoms with van der Waals surface area (Å²) >= 11 is 5.93. The van der Waals surface area contributed by atoms with E-state index in [1.54, 1.807) is 19.2 Å². The smallest absolute Gasteiger partial charge is 0.261 e. The molecule has 31 heavy (non-hydrogen) atoms. The Bertz CT molecular complexity index is 1260. The van der Waals surface area contributed by atoms with Crippen LogP contribution in [0.3, 0.4) is 0 Å². The molecule has 0 spiro atoms. The van der Waals surface area contributed by atoms with Gasteiger partial charge in [0.25, 0.3) is 10.0 Å².